The standard InChI is InChI=1S/C20H30N2O2S/c23-25-14-11-21(12-15-25)10-13-24-18-5-6-19-17(16-18)4-7-20(19)22-8-2-1-3-9-22/h5-6,16,20H,1-4,7-15H2. The highest BCUT2D eigenvalue weighted by Crippen LogP contribution is 2.38. The van der Waals surface area contributed by atoms with Crippen LogP contribution in [0.4, 0.5) is 0 Å². The number of piperidine rings is 1. The maximum absolute atomic E-state index is 11.4. The molecule has 0 amide bonds. The zero-order valence-corrected chi connectivity index (χ0v) is 15.9. The van der Waals surface area contributed by atoms with Gasteiger partial charge in [-0.15, -0.1) is 0 Å². The molecular weight excluding hydrogens is 332 g/mol. The summed E-state index contributed by atoms with van der Waals surface area (Å²) >= 11 is 0. The molecule has 0 bridgehead atoms. The minimum atomic E-state index is -0.595. The van der Waals surface area contributed by atoms with Crippen molar-refractivity contribution in [3.63, 3.8) is 0 Å². The van der Waals surface area contributed by atoms with Gasteiger partial charge in [0.1, 0.15) is 12.4 Å². The van der Waals surface area contributed by atoms with Crippen molar-refractivity contribution in [2.75, 3.05) is 50.8 Å². The van der Waals surface area contributed by atoms with Gasteiger partial charge in [-0.25, -0.2) is 0 Å². The molecule has 4 rings (SSSR count). The van der Waals surface area contributed by atoms with Crippen molar-refractivity contribution in [3.8, 4) is 5.75 Å². The number of nitrogens with zero attached hydrogens (tertiary/aromatic N) is 2. The van der Waals surface area contributed by atoms with E-state index in [1.807, 2.05) is 0 Å². The predicted molar refractivity (Wildman–Crippen MR) is 103 cm³/mol. The van der Waals surface area contributed by atoms with Crippen LogP contribution >= 0.6 is 0 Å². The van der Waals surface area contributed by atoms with Gasteiger partial charge in [0.2, 0.25) is 0 Å². The van der Waals surface area contributed by atoms with Crippen molar-refractivity contribution in [2.24, 2.45) is 0 Å². The van der Waals surface area contributed by atoms with E-state index in [2.05, 4.69) is 28.0 Å². The summed E-state index contributed by atoms with van der Waals surface area (Å²) in [4.78, 5) is 5.05. The second kappa shape index (κ2) is 8.19. The number of rotatable bonds is 5. The van der Waals surface area contributed by atoms with E-state index < -0.39 is 10.8 Å². The number of likely N-dealkylation sites (tertiary alicyclic amines) is 1. The number of hydrogen-bond acceptors (Lipinski definition) is 4. The molecule has 4 nitrogen and oxygen atoms in total. The summed E-state index contributed by atoms with van der Waals surface area (Å²) in [6, 6.07) is 7.37. The van der Waals surface area contributed by atoms with Gasteiger partial charge in [0.25, 0.3) is 0 Å². The van der Waals surface area contributed by atoms with E-state index in [0.717, 1.165) is 43.5 Å². The van der Waals surface area contributed by atoms with Gasteiger partial charge in [-0.05, 0) is 62.0 Å². The van der Waals surface area contributed by atoms with E-state index in [-0.39, 0.29) is 0 Å². The Morgan fingerprint density at radius 2 is 1.88 bits per heavy atom. The van der Waals surface area contributed by atoms with E-state index in [9.17, 15) is 4.21 Å². The molecule has 1 aromatic rings. The van der Waals surface area contributed by atoms with E-state index in [1.165, 1.54) is 56.3 Å². The summed E-state index contributed by atoms with van der Waals surface area (Å²) in [5, 5.41) is 0. The fraction of sp³-hybridized carbons (Fsp3) is 0.700. The van der Waals surface area contributed by atoms with E-state index in [0.29, 0.717) is 6.04 Å². The van der Waals surface area contributed by atoms with Crippen LogP contribution in [0.1, 0.15) is 42.9 Å². The van der Waals surface area contributed by atoms with Gasteiger partial charge in [0, 0.05) is 48.0 Å². The summed E-state index contributed by atoms with van der Waals surface area (Å²) in [6.07, 6.45) is 6.57. The molecule has 1 aliphatic carbocycles. The largest absolute Gasteiger partial charge is 0.492 e. The van der Waals surface area contributed by atoms with Gasteiger partial charge in [0.05, 0.1) is 0 Å². The minimum Gasteiger partial charge on any atom is -0.492 e. The molecule has 25 heavy (non-hydrogen) atoms. The molecular formula is C20H30N2O2S. The average molecular weight is 363 g/mol. The van der Waals surface area contributed by atoms with Gasteiger partial charge in [0.15, 0.2) is 0 Å². The summed E-state index contributed by atoms with van der Waals surface area (Å²) in [5.41, 5.74) is 3.02. The second-order valence-electron chi connectivity index (χ2n) is 7.55. The van der Waals surface area contributed by atoms with E-state index >= 15 is 0 Å². The highest BCUT2D eigenvalue weighted by Gasteiger charge is 2.28. The monoisotopic (exact) mass is 362 g/mol. The van der Waals surface area contributed by atoms with Gasteiger partial charge in [-0.1, -0.05) is 12.5 Å². The lowest BCUT2D eigenvalue weighted by molar-refractivity contribution is 0.163. The highest BCUT2D eigenvalue weighted by molar-refractivity contribution is 7.85. The van der Waals surface area contributed by atoms with Crippen LogP contribution in [-0.2, 0) is 17.2 Å². The summed E-state index contributed by atoms with van der Waals surface area (Å²) in [6.45, 7) is 6.08. The molecule has 3 aliphatic rings. The van der Waals surface area contributed by atoms with Crippen LogP contribution in [-0.4, -0.2) is 64.8 Å². The summed E-state index contributed by atoms with van der Waals surface area (Å²) < 4.78 is 17.4. The number of aryl methyl sites for hydroxylation is 1. The first-order valence-corrected chi connectivity index (χ1v) is 11.4. The predicted octanol–water partition coefficient (Wildman–Crippen LogP) is 2.60. The Labute approximate surface area is 154 Å². The SMILES string of the molecule is O=S1CCN(CCOc2ccc3c(c2)CCC3N2CCCCC2)CC1. The van der Waals surface area contributed by atoms with Crippen LogP contribution in [0.15, 0.2) is 18.2 Å². The van der Waals surface area contributed by atoms with E-state index in [1.54, 1.807) is 0 Å². The van der Waals surface area contributed by atoms with Crippen molar-refractivity contribution >= 4 is 10.8 Å². The lowest BCUT2D eigenvalue weighted by Crippen LogP contribution is -2.39. The molecule has 2 heterocycles. The number of hydrogen-bond donors (Lipinski definition) is 0. The van der Waals surface area contributed by atoms with Crippen molar-refractivity contribution in [3.05, 3.63) is 29.3 Å². The van der Waals surface area contributed by atoms with Crippen molar-refractivity contribution in [1.82, 2.24) is 9.80 Å². The second-order valence-corrected chi connectivity index (χ2v) is 9.25. The van der Waals surface area contributed by atoms with Crippen LogP contribution in [0.2, 0.25) is 0 Å². The fourth-order valence-corrected chi connectivity index (χ4v) is 5.59. The molecule has 0 aromatic heterocycles. The van der Waals surface area contributed by atoms with Crippen molar-refractivity contribution in [1.29, 1.82) is 0 Å². The Morgan fingerprint density at radius 3 is 2.68 bits per heavy atom. The number of fused-ring (bicyclic) bond motifs is 1. The van der Waals surface area contributed by atoms with Crippen LogP contribution < -0.4 is 4.74 Å². The molecule has 1 aromatic carbocycles. The van der Waals surface area contributed by atoms with Crippen molar-refractivity contribution in [2.45, 2.75) is 38.1 Å². The molecule has 0 saturated carbocycles. The third kappa shape index (κ3) is 4.26. The third-order valence-corrected chi connectivity index (χ3v) is 7.21. The normalized spacial score (nSPS) is 25.8. The van der Waals surface area contributed by atoms with Gasteiger partial charge in [-0.2, -0.15) is 0 Å². The maximum Gasteiger partial charge on any atom is 0.119 e. The van der Waals surface area contributed by atoms with Crippen LogP contribution in [0.25, 0.3) is 0 Å². The quantitative estimate of drug-likeness (QED) is 0.806. The van der Waals surface area contributed by atoms with E-state index in [4.69, 9.17) is 4.74 Å². The highest BCUT2D eigenvalue weighted by atomic mass is 32.2. The topological polar surface area (TPSA) is 32.8 Å². The molecule has 2 fully saturated rings. The third-order valence-electron chi connectivity index (χ3n) is 5.94. The first-order chi connectivity index (χ1) is 12.3. The number of ether oxygens (including phenoxy) is 1. The first kappa shape index (κ1) is 17.5. The van der Waals surface area contributed by atoms with Gasteiger partial charge < -0.3 is 4.74 Å². The smallest absolute Gasteiger partial charge is 0.119 e. The molecule has 0 spiro atoms. The van der Waals surface area contributed by atoms with Crippen LogP contribution in [0.5, 0.6) is 5.75 Å². The zero-order chi connectivity index (χ0) is 17.1. The molecule has 1 atom stereocenters. The number of benzene rings is 1. The first-order valence-electron chi connectivity index (χ1n) is 9.86. The summed E-state index contributed by atoms with van der Waals surface area (Å²) in [5.74, 6) is 2.65. The molecule has 5 heteroatoms. The Hall–Kier alpha value is -0.910. The molecule has 2 aliphatic heterocycles. The molecule has 2 saturated heterocycles. The van der Waals surface area contributed by atoms with Gasteiger partial charge in [-0.3, -0.25) is 14.0 Å². The minimum absolute atomic E-state index is 0.595. The molecule has 0 N–H and O–H groups in total. The average Bonchev–Trinajstić information content (AvgIpc) is 3.07. The van der Waals surface area contributed by atoms with Crippen LogP contribution in [0.3, 0.4) is 0 Å². The Balaban J connectivity index is 1.30. The Morgan fingerprint density at radius 1 is 1.08 bits per heavy atom. The maximum atomic E-state index is 11.4. The molecule has 0 radical (unpaired) electrons. The summed E-state index contributed by atoms with van der Waals surface area (Å²) in [7, 11) is -0.595. The Kier molecular flexibility index (Phi) is 5.73. The zero-order valence-electron chi connectivity index (χ0n) is 15.1. The molecule has 1 unspecified atom stereocenters. The lowest BCUT2D eigenvalue weighted by Gasteiger charge is -2.32. The Bertz CT molecular complexity index is 606. The molecule has 138 valence electrons. The van der Waals surface area contributed by atoms with Crippen LogP contribution in [0, 0.1) is 0 Å². The van der Waals surface area contributed by atoms with Crippen molar-refractivity contribution < 1.29 is 8.95 Å². The lowest BCUT2D eigenvalue weighted by atomic mass is 10.0. The van der Waals surface area contributed by atoms with Gasteiger partial charge >= 0.3 is 0 Å². The fourth-order valence-electron chi connectivity index (χ4n) is 4.46.